The highest BCUT2D eigenvalue weighted by Gasteiger charge is 2.32. The molecule has 9 heteroatoms. The average molecular weight is 556 g/mol. The van der Waals surface area contributed by atoms with Gasteiger partial charge < -0.3 is 10.2 Å². The van der Waals surface area contributed by atoms with E-state index < -0.39 is 28.5 Å². The molecule has 3 aromatic carbocycles. The SMILES string of the molecule is CCCNC(=O)C(C)N(Cc1cccc(Cl)c1)C(=O)CN(c1cccc(C)c1)S(=O)(=O)c1ccc(C)cc1. The van der Waals surface area contributed by atoms with E-state index in [9.17, 15) is 18.0 Å². The molecule has 1 unspecified atom stereocenters. The maximum atomic E-state index is 13.9. The summed E-state index contributed by atoms with van der Waals surface area (Å²) < 4.78 is 28.7. The number of rotatable bonds is 11. The van der Waals surface area contributed by atoms with E-state index in [2.05, 4.69) is 5.32 Å². The van der Waals surface area contributed by atoms with Crippen molar-refractivity contribution in [3.63, 3.8) is 0 Å². The standard InChI is InChI=1S/C29H34ClN3O4S/c1-5-16-31-29(35)23(4)32(19-24-9-7-10-25(30)18-24)28(34)20-33(26-11-6-8-22(3)17-26)38(36,37)27-14-12-21(2)13-15-27/h6-15,17-18,23H,5,16,19-20H2,1-4H3,(H,31,35). The second-order valence-electron chi connectivity index (χ2n) is 9.28. The lowest BCUT2D eigenvalue weighted by Crippen LogP contribution is -2.51. The van der Waals surface area contributed by atoms with Crippen molar-refractivity contribution < 1.29 is 18.0 Å². The number of nitrogens with zero attached hydrogens (tertiary/aromatic N) is 2. The number of hydrogen-bond donors (Lipinski definition) is 1. The van der Waals surface area contributed by atoms with E-state index in [-0.39, 0.29) is 17.3 Å². The van der Waals surface area contributed by atoms with E-state index in [4.69, 9.17) is 11.6 Å². The largest absolute Gasteiger partial charge is 0.354 e. The number of anilines is 1. The molecule has 1 N–H and O–H groups in total. The molecule has 202 valence electrons. The molecule has 0 aliphatic carbocycles. The summed E-state index contributed by atoms with van der Waals surface area (Å²) in [6.07, 6.45) is 0.747. The Hall–Kier alpha value is -3.36. The topological polar surface area (TPSA) is 86.8 Å². The summed E-state index contributed by atoms with van der Waals surface area (Å²) in [6, 6.07) is 19.7. The number of carbonyl (C=O) groups is 2. The molecular formula is C29H34ClN3O4S. The van der Waals surface area contributed by atoms with Crippen LogP contribution in [0.5, 0.6) is 0 Å². The minimum atomic E-state index is -4.09. The third-order valence-electron chi connectivity index (χ3n) is 6.14. The predicted molar refractivity (Wildman–Crippen MR) is 152 cm³/mol. The maximum absolute atomic E-state index is 13.9. The highest BCUT2D eigenvalue weighted by atomic mass is 35.5. The van der Waals surface area contributed by atoms with Crippen LogP contribution in [0.15, 0.2) is 77.7 Å². The molecule has 0 saturated heterocycles. The van der Waals surface area contributed by atoms with Crippen LogP contribution in [-0.2, 0) is 26.2 Å². The summed E-state index contributed by atoms with van der Waals surface area (Å²) in [5, 5.41) is 3.33. The fraction of sp³-hybridized carbons (Fsp3) is 0.310. The first-order valence-corrected chi connectivity index (χ1v) is 14.3. The van der Waals surface area contributed by atoms with Crippen molar-refractivity contribution in [2.75, 3.05) is 17.4 Å². The molecule has 0 aromatic heterocycles. The summed E-state index contributed by atoms with van der Waals surface area (Å²) in [5.74, 6) is -0.827. The molecular weight excluding hydrogens is 522 g/mol. The molecule has 7 nitrogen and oxygen atoms in total. The average Bonchev–Trinajstić information content (AvgIpc) is 2.88. The van der Waals surface area contributed by atoms with Crippen molar-refractivity contribution in [3.8, 4) is 0 Å². The van der Waals surface area contributed by atoms with Crippen molar-refractivity contribution in [1.29, 1.82) is 0 Å². The number of hydrogen-bond acceptors (Lipinski definition) is 4. The van der Waals surface area contributed by atoms with Crippen LogP contribution < -0.4 is 9.62 Å². The Bertz CT molecular complexity index is 1380. The van der Waals surface area contributed by atoms with Crippen molar-refractivity contribution in [3.05, 3.63) is 94.5 Å². The second kappa shape index (κ2) is 12.9. The molecule has 0 heterocycles. The van der Waals surface area contributed by atoms with Crippen molar-refractivity contribution in [1.82, 2.24) is 10.2 Å². The van der Waals surface area contributed by atoms with Crippen LogP contribution in [0.1, 0.15) is 37.0 Å². The second-order valence-corrected chi connectivity index (χ2v) is 11.6. The van der Waals surface area contributed by atoms with Gasteiger partial charge in [-0.15, -0.1) is 0 Å². The third-order valence-corrected chi connectivity index (χ3v) is 8.16. The van der Waals surface area contributed by atoms with Gasteiger partial charge in [-0.2, -0.15) is 0 Å². The lowest BCUT2D eigenvalue weighted by Gasteiger charge is -2.32. The highest BCUT2D eigenvalue weighted by molar-refractivity contribution is 7.92. The first kappa shape index (κ1) is 29.2. The molecule has 3 rings (SSSR count). The quantitative estimate of drug-likeness (QED) is 0.357. The number of nitrogens with one attached hydrogen (secondary N) is 1. The molecule has 0 radical (unpaired) electrons. The molecule has 0 aliphatic rings. The van der Waals surface area contributed by atoms with E-state index in [1.54, 1.807) is 55.5 Å². The van der Waals surface area contributed by atoms with Crippen LogP contribution in [-0.4, -0.2) is 44.3 Å². The van der Waals surface area contributed by atoms with E-state index in [1.165, 1.54) is 17.0 Å². The van der Waals surface area contributed by atoms with Crippen LogP contribution >= 0.6 is 11.6 Å². The zero-order valence-corrected chi connectivity index (χ0v) is 23.7. The Kier molecular flexibility index (Phi) is 9.94. The van der Waals surface area contributed by atoms with Gasteiger partial charge in [0.2, 0.25) is 11.8 Å². The van der Waals surface area contributed by atoms with E-state index in [1.807, 2.05) is 32.9 Å². The van der Waals surface area contributed by atoms with Crippen molar-refractivity contribution in [2.24, 2.45) is 0 Å². The zero-order chi connectivity index (χ0) is 27.9. The molecule has 0 aliphatic heterocycles. The molecule has 0 saturated carbocycles. The van der Waals surface area contributed by atoms with Gasteiger partial charge in [0.05, 0.1) is 10.6 Å². The zero-order valence-electron chi connectivity index (χ0n) is 22.1. The van der Waals surface area contributed by atoms with Gasteiger partial charge in [-0.05, 0) is 74.7 Å². The third kappa shape index (κ3) is 7.36. The molecule has 2 amide bonds. The molecule has 0 bridgehead atoms. The molecule has 3 aromatic rings. The van der Waals surface area contributed by atoms with Crippen LogP contribution in [0.25, 0.3) is 0 Å². The molecule has 38 heavy (non-hydrogen) atoms. The van der Waals surface area contributed by atoms with Gasteiger partial charge in [-0.3, -0.25) is 13.9 Å². The minimum Gasteiger partial charge on any atom is -0.354 e. The van der Waals surface area contributed by atoms with E-state index in [0.717, 1.165) is 27.4 Å². The van der Waals surface area contributed by atoms with Gasteiger partial charge in [-0.25, -0.2) is 8.42 Å². The predicted octanol–water partition coefficient (Wildman–Crippen LogP) is 5.10. The fourth-order valence-electron chi connectivity index (χ4n) is 3.96. The number of sulfonamides is 1. The van der Waals surface area contributed by atoms with Gasteiger partial charge >= 0.3 is 0 Å². The Morgan fingerprint density at radius 3 is 2.26 bits per heavy atom. The lowest BCUT2D eigenvalue weighted by atomic mass is 10.1. The van der Waals surface area contributed by atoms with Crippen molar-refractivity contribution >= 4 is 39.1 Å². The summed E-state index contributed by atoms with van der Waals surface area (Å²) in [6.45, 7) is 7.39. The van der Waals surface area contributed by atoms with E-state index >= 15 is 0 Å². The Balaban J connectivity index is 2.02. The van der Waals surface area contributed by atoms with Crippen molar-refractivity contribution in [2.45, 2.75) is 51.6 Å². The van der Waals surface area contributed by atoms with Gasteiger partial charge in [0, 0.05) is 18.1 Å². The number of aryl methyl sites for hydroxylation is 2. The summed E-state index contributed by atoms with van der Waals surface area (Å²) in [5.41, 5.74) is 2.86. The minimum absolute atomic E-state index is 0.0764. The molecule has 0 spiro atoms. The van der Waals surface area contributed by atoms with Gasteiger partial charge in [-0.1, -0.05) is 60.5 Å². The first-order chi connectivity index (χ1) is 18.0. The fourth-order valence-corrected chi connectivity index (χ4v) is 5.58. The van der Waals surface area contributed by atoms with Crippen LogP contribution in [0.3, 0.4) is 0 Å². The Labute approximate surface area is 230 Å². The van der Waals surface area contributed by atoms with Gasteiger partial charge in [0.15, 0.2) is 0 Å². The van der Waals surface area contributed by atoms with Crippen LogP contribution in [0.4, 0.5) is 5.69 Å². The Morgan fingerprint density at radius 1 is 0.947 bits per heavy atom. The number of amides is 2. The first-order valence-electron chi connectivity index (χ1n) is 12.5. The normalized spacial score (nSPS) is 12.0. The number of halogens is 1. The smallest absolute Gasteiger partial charge is 0.264 e. The molecule has 1 atom stereocenters. The van der Waals surface area contributed by atoms with Gasteiger partial charge in [0.25, 0.3) is 10.0 Å². The van der Waals surface area contributed by atoms with Crippen LogP contribution in [0, 0.1) is 13.8 Å². The van der Waals surface area contributed by atoms with Crippen LogP contribution in [0.2, 0.25) is 5.02 Å². The lowest BCUT2D eigenvalue weighted by molar-refractivity contribution is -0.139. The highest BCUT2D eigenvalue weighted by Crippen LogP contribution is 2.26. The monoisotopic (exact) mass is 555 g/mol. The Morgan fingerprint density at radius 2 is 1.63 bits per heavy atom. The molecule has 0 fully saturated rings. The summed E-state index contributed by atoms with van der Waals surface area (Å²) in [7, 11) is -4.09. The summed E-state index contributed by atoms with van der Waals surface area (Å²) in [4.78, 5) is 28.2. The maximum Gasteiger partial charge on any atom is 0.264 e. The summed E-state index contributed by atoms with van der Waals surface area (Å²) >= 11 is 6.17. The van der Waals surface area contributed by atoms with E-state index in [0.29, 0.717) is 17.3 Å². The van der Waals surface area contributed by atoms with Gasteiger partial charge in [0.1, 0.15) is 12.6 Å². The number of carbonyl (C=O) groups excluding carboxylic acids is 2. The number of benzene rings is 3.